The van der Waals surface area contributed by atoms with Crippen LogP contribution in [0.3, 0.4) is 0 Å². The molecule has 2 aliphatic rings. The second-order valence-electron chi connectivity index (χ2n) is 8.37. The van der Waals surface area contributed by atoms with Crippen LogP contribution in [-0.4, -0.2) is 51.3 Å². The van der Waals surface area contributed by atoms with Gasteiger partial charge in [-0.15, -0.1) is 0 Å². The summed E-state index contributed by atoms with van der Waals surface area (Å²) in [5.41, 5.74) is -0.440. The number of fused-ring (bicyclic) bond motifs is 1. The van der Waals surface area contributed by atoms with E-state index in [-0.39, 0.29) is 6.61 Å². The second kappa shape index (κ2) is 8.98. The van der Waals surface area contributed by atoms with Crippen molar-refractivity contribution in [2.75, 3.05) is 32.8 Å². The predicted octanol–water partition coefficient (Wildman–Crippen LogP) is 2.48. The maximum Gasteiger partial charge on any atom is 0.326 e. The van der Waals surface area contributed by atoms with Gasteiger partial charge in [-0.25, -0.2) is 4.90 Å². The lowest BCUT2D eigenvalue weighted by molar-refractivity contribution is -0.153. The molecule has 0 radical (unpaired) electrons. The first-order valence-electron chi connectivity index (χ1n) is 11.0. The van der Waals surface area contributed by atoms with Gasteiger partial charge in [0.25, 0.3) is 0 Å². The third kappa shape index (κ3) is 3.56. The highest BCUT2D eigenvalue weighted by molar-refractivity contribution is 6.24. The lowest BCUT2D eigenvalue weighted by atomic mass is 9.80. The van der Waals surface area contributed by atoms with Gasteiger partial charge in [0.2, 0.25) is 11.8 Å². The molecule has 0 unspecified atom stereocenters. The topological polar surface area (TPSA) is 103 Å². The van der Waals surface area contributed by atoms with Crippen LogP contribution in [-0.2, 0) is 19.1 Å². The van der Waals surface area contributed by atoms with E-state index in [2.05, 4.69) is 5.32 Å². The van der Waals surface area contributed by atoms with Crippen LogP contribution >= 0.6 is 0 Å². The van der Waals surface area contributed by atoms with E-state index in [1.54, 1.807) is 56.3 Å². The molecule has 4 rings (SSSR count). The van der Waals surface area contributed by atoms with E-state index in [9.17, 15) is 14.4 Å². The van der Waals surface area contributed by atoms with Gasteiger partial charge in [-0.05, 0) is 44.2 Å². The minimum Gasteiger partial charge on any atom is -0.497 e. The maximum atomic E-state index is 13.8. The van der Waals surface area contributed by atoms with Crippen LogP contribution < -0.4 is 24.4 Å². The van der Waals surface area contributed by atoms with E-state index in [0.717, 1.165) is 4.90 Å². The van der Waals surface area contributed by atoms with E-state index in [1.807, 2.05) is 0 Å². The van der Waals surface area contributed by atoms with Gasteiger partial charge in [-0.2, -0.15) is 0 Å². The van der Waals surface area contributed by atoms with Gasteiger partial charge in [-0.1, -0.05) is 6.07 Å². The molecule has 2 saturated heterocycles. The number of ether oxygens (including phenoxy) is 4. The Labute approximate surface area is 197 Å². The zero-order valence-corrected chi connectivity index (χ0v) is 19.8. The number of esters is 1. The Morgan fingerprint density at radius 2 is 1.71 bits per heavy atom. The number of anilines is 1. The lowest BCUT2D eigenvalue weighted by Crippen LogP contribution is -2.54. The molecule has 9 heteroatoms. The van der Waals surface area contributed by atoms with Crippen LogP contribution in [0.1, 0.15) is 25.5 Å². The fourth-order valence-corrected chi connectivity index (χ4v) is 4.96. The van der Waals surface area contributed by atoms with Crippen molar-refractivity contribution < 1.29 is 33.3 Å². The van der Waals surface area contributed by atoms with Gasteiger partial charge < -0.3 is 18.9 Å². The first-order chi connectivity index (χ1) is 16.3. The van der Waals surface area contributed by atoms with E-state index in [4.69, 9.17) is 18.9 Å². The molecule has 4 atom stereocenters. The molecule has 9 nitrogen and oxygen atoms in total. The Bertz CT molecular complexity index is 1130. The normalized spacial score (nSPS) is 25.8. The monoisotopic (exact) mass is 468 g/mol. The summed E-state index contributed by atoms with van der Waals surface area (Å²) in [6, 6.07) is 11.2. The molecule has 2 fully saturated rings. The van der Waals surface area contributed by atoms with Crippen LogP contribution in [0.25, 0.3) is 0 Å². The Morgan fingerprint density at radius 3 is 2.35 bits per heavy atom. The summed E-state index contributed by atoms with van der Waals surface area (Å²) in [7, 11) is 4.56. The van der Waals surface area contributed by atoms with Crippen molar-refractivity contribution in [3.05, 3.63) is 48.0 Å². The molecule has 0 bridgehead atoms. The highest BCUT2D eigenvalue weighted by Gasteiger charge is 2.67. The van der Waals surface area contributed by atoms with E-state index >= 15 is 0 Å². The largest absolute Gasteiger partial charge is 0.497 e. The Kier molecular flexibility index (Phi) is 6.22. The molecule has 34 heavy (non-hydrogen) atoms. The summed E-state index contributed by atoms with van der Waals surface area (Å²) in [6.07, 6.45) is 0. The van der Waals surface area contributed by atoms with Crippen LogP contribution in [0.2, 0.25) is 0 Å². The maximum absolute atomic E-state index is 13.8. The van der Waals surface area contributed by atoms with Crippen molar-refractivity contribution in [3.63, 3.8) is 0 Å². The van der Waals surface area contributed by atoms with Crippen LogP contribution in [0, 0.1) is 11.8 Å². The summed E-state index contributed by atoms with van der Waals surface area (Å²) in [4.78, 5) is 41.8. The fraction of sp³-hybridized carbons (Fsp3) is 0.400. The third-order valence-electron chi connectivity index (χ3n) is 6.57. The zero-order chi connectivity index (χ0) is 24.6. The Balaban J connectivity index is 1.86. The average Bonchev–Trinajstić information content (AvgIpc) is 3.31. The molecular formula is C25H28N2O7. The lowest BCUT2D eigenvalue weighted by Gasteiger charge is -2.29. The molecule has 180 valence electrons. The van der Waals surface area contributed by atoms with E-state index in [1.165, 1.54) is 21.3 Å². The molecule has 1 N–H and O–H groups in total. The summed E-state index contributed by atoms with van der Waals surface area (Å²) in [6.45, 7) is 3.44. The molecule has 2 aliphatic heterocycles. The summed E-state index contributed by atoms with van der Waals surface area (Å²) >= 11 is 0. The molecule has 2 heterocycles. The van der Waals surface area contributed by atoms with Gasteiger partial charge in [-0.3, -0.25) is 19.7 Å². The van der Waals surface area contributed by atoms with Crippen molar-refractivity contribution in [2.45, 2.75) is 25.4 Å². The molecule has 2 amide bonds. The molecule has 0 saturated carbocycles. The Morgan fingerprint density at radius 1 is 1.00 bits per heavy atom. The van der Waals surface area contributed by atoms with Gasteiger partial charge in [0, 0.05) is 17.7 Å². The molecule has 2 aromatic carbocycles. The number of hydrogen-bond donors (Lipinski definition) is 1. The molecular weight excluding hydrogens is 440 g/mol. The van der Waals surface area contributed by atoms with Gasteiger partial charge in [0.15, 0.2) is 0 Å². The summed E-state index contributed by atoms with van der Waals surface area (Å²) in [5.74, 6) is -1.77. The van der Waals surface area contributed by atoms with Crippen molar-refractivity contribution in [1.29, 1.82) is 0 Å². The number of rotatable bonds is 7. The minimum absolute atomic E-state index is 0.141. The molecule has 0 spiro atoms. The number of benzene rings is 2. The van der Waals surface area contributed by atoms with Crippen molar-refractivity contribution in [3.8, 4) is 17.2 Å². The minimum atomic E-state index is -1.43. The van der Waals surface area contributed by atoms with Crippen LogP contribution in [0.5, 0.6) is 17.2 Å². The second-order valence-corrected chi connectivity index (χ2v) is 8.37. The highest BCUT2D eigenvalue weighted by Crippen LogP contribution is 2.52. The van der Waals surface area contributed by atoms with Gasteiger partial charge in [0.05, 0.1) is 45.5 Å². The number of hydrogen-bond acceptors (Lipinski definition) is 8. The number of methoxy groups -OCH3 is 3. The van der Waals surface area contributed by atoms with Crippen molar-refractivity contribution >= 4 is 23.5 Å². The number of carbonyl (C=O) groups excluding carboxylic acids is 3. The van der Waals surface area contributed by atoms with Gasteiger partial charge >= 0.3 is 5.97 Å². The number of nitrogens with one attached hydrogen (secondary N) is 1. The first kappa shape index (κ1) is 23.6. The standard InChI is InChI=1S/C25H28N2O7/c1-6-34-24(30)25(2)20-19(21(26-25)17-13-16(32-4)10-11-18(17)33-5)22(28)27(23(20)29)14-8-7-9-15(12-14)31-3/h7-13,19-21,26H,6H2,1-5H3/t19-,20+,21-,25-/m1/s1. The summed E-state index contributed by atoms with van der Waals surface area (Å²) < 4.78 is 21.5. The van der Waals surface area contributed by atoms with Crippen molar-refractivity contribution in [1.82, 2.24) is 5.32 Å². The molecule has 0 aromatic heterocycles. The quantitative estimate of drug-likeness (QED) is 0.488. The number of nitrogens with zero attached hydrogens (tertiary/aromatic N) is 1. The Hall–Kier alpha value is -3.59. The fourth-order valence-electron chi connectivity index (χ4n) is 4.96. The number of imide groups is 1. The van der Waals surface area contributed by atoms with Crippen LogP contribution in [0.4, 0.5) is 5.69 Å². The van der Waals surface area contributed by atoms with Gasteiger partial charge in [0.1, 0.15) is 22.8 Å². The smallest absolute Gasteiger partial charge is 0.326 e. The summed E-state index contributed by atoms with van der Waals surface area (Å²) in [5, 5.41) is 3.25. The molecule has 0 aliphatic carbocycles. The third-order valence-corrected chi connectivity index (χ3v) is 6.57. The highest BCUT2D eigenvalue weighted by atomic mass is 16.5. The SMILES string of the molecule is CCOC(=O)[C@]1(C)N[C@H](c2cc(OC)ccc2OC)[C@@H]2C(=O)N(c3cccc(OC)c3)C(=O)[C@H]21. The predicted molar refractivity (Wildman–Crippen MR) is 123 cm³/mol. The number of amides is 2. The van der Waals surface area contributed by atoms with E-state index in [0.29, 0.717) is 28.5 Å². The van der Waals surface area contributed by atoms with Crippen molar-refractivity contribution in [2.24, 2.45) is 11.8 Å². The number of carbonyl (C=O) groups is 3. The average molecular weight is 469 g/mol. The first-order valence-corrected chi connectivity index (χ1v) is 11.0. The molecule has 2 aromatic rings. The van der Waals surface area contributed by atoms with Crippen LogP contribution in [0.15, 0.2) is 42.5 Å². The van der Waals surface area contributed by atoms with E-state index < -0.39 is 41.2 Å². The zero-order valence-electron chi connectivity index (χ0n) is 19.8.